The second-order valence-electron chi connectivity index (χ2n) is 7.32. The minimum absolute atomic E-state index is 0.0523. The standard InChI is InChI=1S/C23H22N4O3S/c1-17-5-8-19(9-6-17)31-21-10-7-18(16-20(21)27(29)30)23(28)26-14-12-25(13-15-26)22-4-2-3-11-24-22/h2-11,16H,12-15H2,1H3. The van der Waals surface area contributed by atoms with Gasteiger partial charge in [-0.1, -0.05) is 35.5 Å². The van der Waals surface area contributed by atoms with Gasteiger partial charge in [0.05, 0.1) is 9.82 Å². The molecule has 31 heavy (non-hydrogen) atoms. The van der Waals surface area contributed by atoms with E-state index < -0.39 is 4.92 Å². The molecule has 0 atom stereocenters. The summed E-state index contributed by atoms with van der Waals surface area (Å²) in [4.78, 5) is 33.9. The number of carbonyl (C=O) groups is 1. The summed E-state index contributed by atoms with van der Waals surface area (Å²) in [5.74, 6) is 0.707. The molecule has 7 nitrogen and oxygen atoms in total. The van der Waals surface area contributed by atoms with Crippen LogP contribution in [-0.4, -0.2) is 46.9 Å². The van der Waals surface area contributed by atoms with Crippen LogP contribution in [0.25, 0.3) is 0 Å². The molecule has 1 aliphatic heterocycles. The van der Waals surface area contributed by atoms with Gasteiger partial charge in [-0.3, -0.25) is 14.9 Å². The Morgan fingerprint density at radius 1 is 1.03 bits per heavy atom. The monoisotopic (exact) mass is 434 g/mol. The molecular weight excluding hydrogens is 412 g/mol. The number of aromatic nitrogens is 1. The zero-order valence-electron chi connectivity index (χ0n) is 17.1. The van der Waals surface area contributed by atoms with Gasteiger partial charge in [0, 0.05) is 48.9 Å². The number of nitro groups is 1. The molecule has 0 N–H and O–H groups in total. The van der Waals surface area contributed by atoms with Crippen LogP contribution in [0.1, 0.15) is 15.9 Å². The molecule has 1 fully saturated rings. The molecule has 1 amide bonds. The molecule has 1 aliphatic rings. The summed E-state index contributed by atoms with van der Waals surface area (Å²) in [6.45, 7) is 4.43. The number of carbonyl (C=O) groups excluding carboxylic acids is 1. The first-order valence-electron chi connectivity index (χ1n) is 9.99. The van der Waals surface area contributed by atoms with Gasteiger partial charge in [-0.15, -0.1) is 0 Å². The van der Waals surface area contributed by atoms with Gasteiger partial charge in [0.1, 0.15) is 5.82 Å². The lowest BCUT2D eigenvalue weighted by Gasteiger charge is -2.35. The molecule has 4 rings (SSSR count). The smallest absolute Gasteiger partial charge is 0.284 e. The number of rotatable bonds is 5. The molecule has 2 heterocycles. The second kappa shape index (κ2) is 9.18. The predicted molar refractivity (Wildman–Crippen MR) is 121 cm³/mol. The second-order valence-corrected chi connectivity index (χ2v) is 8.44. The van der Waals surface area contributed by atoms with E-state index in [2.05, 4.69) is 9.88 Å². The molecule has 1 aromatic heterocycles. The summed E-state index contributed by atoms with van der Waals surface area (Å²) in [5.41, 5.74) is 1.41. The van der Waals surface area contributed by atoms with Crippen LogP contribution in [0.4, 0.5) is 11.5 Å². The van der Waals surface area contributed by atoms with Crippen LogP contribution in [0, 0.1) is 17.0 Å². The van der Waals surface area contributed by atoms with Crippen molar-refractivity contribution in [3.8, 4) is 0 Å². The highest BCUT2D eigenvalue weighted by Gasteiger charge is 2.25. The summed E-state index contributed by atoms with van der Waals surface area (Å²) in [5, 5.41) is 11.7. The van der Waals surface area contributed by atoms with Crippen molar-refractivity contribution in [3.05, 3.63) is 88.1 Å². The molecule has 1 saturated heterocycles. The maximum atomic E-state index is 13.0. The fraction of sp³-hybridized carbons (Fsp3) is 0.217. The Kier molecular flexibility index (Phi) is 6.18. The van der Waals surface area contributed by atoms with Gasteiger partial charge in [0.2, 0.25) is 0 Å². The van der Waals surface area contributed by atoms with E-state index in [1.165, 1.54) is 17.8 Å². The van der Waals surface area contributed by atoms with Gasteiger partial charge >= 0.3 is 0 Å². The number of aryl methyl sites for hydroxylation is 1. The Bertz CT molecular complexity index is 1080. The SMILES string of the molecule is Cc1ccc(Sc2ccc(C(=O)N3CCN(c4ccccn4)CC3)cc2[N+](=O)[O-])cc1. The average Bonchev–Trinajstić information content (AvgIpc) is 2.81. The van der Waals surface area contributed by atoms with Crippen LogP contribution in [0.5, 0.6) is 0 Å². The molecule has 0 saturated carbocycles. The lowest BCUT2D eigenvalue weighted by Crippen LogP contribution is -2.49. The number of amides is 1. The van der Waals surface area contributed by atoms with Crippen molar-refractivity contribution in [1.29, 1.82) is 0 Å². The molecule has 3 aromatic rings. The number of anilines is 1. The van der Waals surface area contributed by atoms with Crippen molar-refractivity contribution in [1.82, 2.24) is 9.88 Å². The summed E-state index contributed by atoms with van der Waals surface area (Å²) >= 11 is 1.32. The average molecular weight is 435 g/mol. The largest absolute Gasteiger partial charge is 0.353 e. The Morgan fingerprint density at radius 3 is 2.42 bits per heavy atom. The highest BCUT2D eigenvalue weighted by Crippen LogP contribution is 2.35. The van der Waals surface area contributed by atoms with Crippen molar-refractivity contribution in [3.63, 3.8) is 0 Å². The zero-order valence-corrected chi connectivity index (χ0v) is 17.9. The number of nitrogens with zero attached hydrogens (tertiary/aromatic N) is 4. The third kappa shape index (κ3) is 4.86. The molecule has 0 radical (unpaired) electrons. The maximum absolute atomic E-state index is 13.0. The van der Waals surface area contributed by atoms with E-state index in [1.54, 1.807) is 23.2 Å². The third-order valence-corrected chi connectivity index (χ3v) is 6.26. The van der Waals surface area contributed by atoms with Gasteiger partial charge in [0.25, 0.3) is 11.6 Å². The van der Waals surface area contributed by atoms with Gasteiger partial charge in [-0.05, 0) is 43.3 Å². The highest BCUT2D eigenvalue weighted by atomic mass is 32.2. The van der Waals surface area contributed by atoms with Crippen molar-refractivity contribution in [2.45, 2.75) is 16.7 Å². The minimum Gasteiger partial charge on any atom is -0.353 e. The van der Waals surface area contributed by atoms with Crippen molar-refractivity contribution < 1.29 is 9.72 Å². The Labute approximate surface area is 184 Å². The number of piperazine rings is 1. The van der Waals surface area contributed by atoms with Crippen LogP contribution in [0.15, 0.2) is 76.7 Å². The topological polar surface area (TPSA) is 79.6 Å². The van der Waals surface area contributed by atoms with Gasteiger partial charge in [-0.2, -0.15) is 0 Å². The molecular formula is C23H22N4O3S. The zero-order chi connectivity index (χ0) is 21.8. The predicted octanol–water partition coefficient (Wildman–Crippen LogP) is 4.41. The van der Waals surface area contributed by atoms with Crippen molar-refractivity contribution in [2.75, 3.05) is 31.1 Å². The molecule has 158 valence electrons. The van der Waals surface area contributed by atoms with Gasteiger partial charge < -0.3 is 9.80 Å². The van der Waals surface area contributed by atoms with E-state index >= 15 is 0 Å². The van der Waals surface area contributed by atoms with E-state index in [1.807, 2.05) is 49.4 Å². The van der Waals surface area contributed by atoms with Gasteiger partial charge in [-0.25, -0.2) is 4.98 Å². The normalized spacial score (nSPS) is 13.8. The van der Waals surface area contributed by atoms with Crippen LogP contribution in [-0.2, 0) is 0 Å². The lowest BCUT2D eigenvalue weighted by molar-refractivity contribution is -0.387. The fourth-order valence-corrected chi connectivity index (χ4v) is 4.37. The molecule has 0 bridgehead atoms. The first kappa shape index (κ1) is 20.9. The third-order valence-electron chi connectivity index (χ3n) is 5.19. The summed E-state index contributed by atoms with van der Waals surface area (Å²) < 4.78 is 0. The molecule has 0 spiro atoms. The quantitative estimate of drug-likeness (QED) is 0.437. The number of benzene rings is 2. The van der Waals surface area contributed by atoms with E-state index in [0.717, 1.165) is 16.3 Å². The van der Waals surface area contributed by atoms with Crippen molar-refractivity contribution in [2.24, 2.45) is 0 Å². The Hall–Kier alpha value is -3.39. The van der Waals surface area contributed by atoms with E-state index in [-0.39, 0.29) is 11.6 Å². The first-order chi connectivity index (χ1) is 15.0. The maximum Gasteiger partial charge on any atom is 0.284 e. The number of hydrogen-bond acceptors (Lipinski definition) is 6. The van der Waals surface area contributed by atoms with Gasteiger partial charge in [0.15, 0.2) is 0 Å². The van der Waals surface area contributed by atoms with Crippen LogP contribution in [0.3, 0.4) is 0 Å². The highest BCUT2D eigenvalue weighted by molar-refractivity contribution is 7.99. The lowest BCUT2D eigenvalue weighted by atomic mass is 10.1. The fourth-order valence-electron chi connectivity index (χ4n) is 3.47. The minimum atomic E-state index is -0.424. The summed E-state index contributed by atoms with van der Waals surface area (Å²) in [6, 6.07) is 18.3. The molecule has 0 unspecified atom stereocenters. The van der Waals surface area contributed by atoms with Crippen LogP contribution < -0.4 is 4.90 Å². The molecule has 0 aliphatic carbocycles. The summed E-state index contributed by atoms with van der Waals surface area (Å²) in [6.07, 6.45) is 1.75. The van der Waals surface area contributed by atoms with E-state index in [9.17, 15) is 14.9 Å². The van der Waals surface area contributed by atoms with Crippen LogP contribution in [0.2, 0.25) is 0 Å². The van der Waals surface area contributed by atoms with Crippen LogP contribution >= 0.6 is 11.8 Å². The molecule has 2 aromatic carbocycles. The Balaban J connectivity index is 1.48. The summed E-state index contributed by atoms with van der Waals surface area (Å²) in [7, 11) is 0. The number of nitro benzene ring substituents is 1. The van der Waals surface area contributed by atoms with Crippen molar-refractivity contribution >= 4 is 29.2 Å². The first-order valence-corrected chi connectivity index (χ1v) is 10.8. The number of hydrogen-bond donors (Lipinski definition) is 0. The van der Waals surface area contributed by atoms with E-state index in [0.29, 0.717) is 36.6 Å². The molecule has 8 heteroatoms. The number of pyridine rings is 1. The Morgan fingerprint density at radius 2 is 1.77 bits per heavy atom. The van der Waals surface area contributed by atoms with E-state index in [4.69, 9.17) is 0 Å².